The Labute approximate surface area is 144 Å². The largest absolute Gasteiger partial charge is 0.327 e. The Morgan fingerprint density at radius 1 is 1.25 bits per heavy atom. The van der Waals surface area contributed by atoms with Gasteiger partial charge in [-0.15, -0.1) is 0 Å². The Morgan fingerprint density at radius 2 is 1.88 bits per heavy atom. The second kappa shape index (κ2) is 8.09. The molecule has 1 aliphatic rings. The van der Waals surface area contributed by atoms with Crippen molar-refractivity contribution in [3.63, 3.8) is 0 Å². The lowest BCUT2D eigenvalue weighted by Crippen LogP contribution is -2.32. The molecule has 24 heavy (non-hydrogen) atoms. The first-order valence-corrected chi connectivity index (χ1v) is 9.91. The van der Waals surface area contributed by atoms with Gasteiger partial charge < -0.3 is 11.1 Å². The van der Waals surface area contributed by atoms with Gasteiger partial charge in [0.1, 0.15) is 0 Å². The molecule has 0 bridgehead atoms. The Morgan fingerprint density at radius 3 is 2.46 bits per heavy atom. The summed E-state index contributed by atoms with van der Waals surface area (Å²) in [5, 5.41) is 2.73. The van der Waals surface area contributed by atoms with Crippen molar-refractivity contribution >= 4 is 21.6 Å². The van der Waals surface area contributed by atoms with Gasteiger partial charge >= 0.3 is 0 Å². The highest BCUT2D eigenvalue weighted by Gasteiger charge is 2.27. The Kier molecular flexibility index (Phi) is 6.37. The summed E-state index contributed by atoms with van der Waals surface area (Å²) >= 11 is 0. The number of nitrogens with zero attached hydrogens (tertiary/aromatic N) is 1. The second-order valence-corrected chi connectivity index (χ2v) is 8.43. The first-order valence-electron chi connectivity index (χ1n) is 8.47. The van der Waals surface area contributed by atoms with Gasteiger partial charge in [-0.3, -0.25) is 4.79 Å². The summed E-state index contributed by atoms with van der Waals surface area (Å²) in [6, 6.07) is 4.76. The van der Waals surface area contributed by atoms with Crippen LogP contribution in [0.5, 0.6) is 0 Å². The number of rotatable bonds is 5. The number of hydrogen-bond acceptors (Lipinski definition) is 4. The standard InChI is InChI=1S/C17H27N3O3S/c1-13-7-8-15(19-17(21)11-14(2)18)12-16(13)24(22,23)20-9-5-3-4-6-10-20/h7-8,12,14H,3-6,9-11,18H2,1-2H3,(H,19,21). The van der Waals surface area contributed by atoms with Crippen molar-refractivity contribution in [3.8, 4) is 0 Å². The van der Waals surface area contributed by atoms with Gasteiger partial charge in [0.2, 0.25) is 15.9 Å². The van der Waals surface area contributed by atoms with Crippen molar-refractivity contribution in [3.05, 3.63) is 23.8 Å². The third kappa shape index (κ3) is 4.78. The average molecular weight is 353 g/mol. The molecular weight excluding hydrogens is 326 g/mol. The van der Waals surface area contributed by atoms with Crippen LogP contribution in [0.1, 0.15) is 44.6 Å². The number of anilines is 1. The molecule has 1 aromatic carbocycles. The van der Waals surface area contributed by atoms with E-state index in [0.717, 1.165) is 25.7 Å². The Balaban J connectivity index is 2.25. The lowest BCUT2D eigenvalue weighted by atomic mass is 10.2. The highest BCUT2D eigenvalue weighted by Crippen LogP contribution is 2.25. The van der Waals surface area contributed by atoms with E-state index in [9.17, 15) is 13.2 Å². The number of carbonyl (C=O) groups excluding carboxylic acids is 1. The number of aryl methyl sites for hydroxylation is 1. The summed E-state index contributed by atoms with van der Waals surface area (Å²) < 4.78 is 27.5. The van der Waals surface area contributed by atoms with Crippen LogP contribution in [-0.2, 0) is 14.8 Å². The minimum Gasteiger partial charge on any atom is -0.327 e. The van der Waals surface area contributed by atoms with Crippen molar-refractivity contribution in [1.82, 2.24) is 4.31 Å². The van der Waals surface area contributed by atoms with E-state index in [1.807, 2.05) is 0 Å². The molecule has 1 heterocycles. The maximum Gasteiger partial charge on any atom is 0.243 e. The van der Waals surface area contributed by atoms with Gasteiger partial charge in [-0.05, 0) is 44.4 Å². The minimum absolute atomic E-state index is 0.197. The molecule has 134 valence electrons. The van der Waals surface area contributed by atoms with Crippen molar-refractivity contribution in [2.24, 2.45) is 5.73 Å². The van der Waals surface area contributed by atoms with Crippen LogP contribution >= 0.6 is 0 Å². The van der Waals surface area contributed by atoms with Crippen molar-refractivity contribution in [2.75, 3.05) is 18.4 Å². The first kappa shape index (κ1) is 18.9. The zero-order valence-electron chi connectivity index (χ0n) is 14.4. The van der Waals surface area contributed by atoms with Crippen LogP contribution in [0.4, 0.5) is 5.69 Å². The number of sulfonamides is 1. The summed E-state index contributed by atoms with van der Waals surface area (Å²) in [6.07, 6.45) is 4.12. The highest BCUT2D eigenvalue weighted by atomic mass is 32.2. The van der Waals surface area contributed by atoms with Gasteiger partial charge in [-0.1, -0.05) is 18.9 Å². The molecule has 1 atom stereocenters. The summed E-state index contributed by atoms with van der Waals surface area (Å²) in [6.45, 7) is 4.65. The topological polar surface area (TPSA) is 92.5 Å². The van der Waals surface area contributed by atoms with E-state index in [-0.39, 0.29) is 23.3 Å². The van der Waals surface area contributed by atoms with Crippen LogP contribution in [0.3, 0.4) is 0 Å². The Hall–Kier alpha value is -1.44. The predicted molar refractivity (Wildman–Crippen MR) is 95.3 cm³/mol. The number of amides is 1. The molecule has 1 fully saturated rings. The molecule has 0 aromatic heterocycles. The van der Waals surface area contributed by atoms with Gasteiger partial charge in [-0.25, -0.2) is 8.42 Å². The van der Waals surface area contributed by atoms with Crippen LogP contribution in [0.25, 0.3) is 0 Å². The van der Waals surface area contributed by atoms with Crippen molar-refractivity contribution in [2.45, 2.75) is 56.9 Å². The quantitative estimate of drug-likeness (QED) is 0.849. The lowest BCUT2D eigenvalue weighted by Gasteiger charge is -2.21. The molecule has 1 aromatic rings. The molecule has 1 saturated heterocycles. The fraction of sp³-hybridized carbons (Fsp3) is 0.588. The lowest BCUT2D eigenvalue weighted by molar-refractivity contribution is -0.116. The molecule has 0 spiro atoms. The Bertz CT molecular complexity index is 678. The summed E-state index contributed by atoms with van der Waals surface area (Å²) in [7, 11) is -3.54. The molecule has 6 nitrogen and oxygen atoms in total. The van der Waals surface area contributed by atoms with E-state index in [4.69, 9.17) is 5.73 Å². The van der Waals surface area contributed by atoms with E-state index in [2.05, 4.69) is 5.32 Å². The fourth-order valence-corrected chi connectivity index (χ4v) is 4.65. The van der Waals surface area contributed by atoms with Crippen LogP contribution < -0.4 is 11.1 Å². The molecule has 0 saturated carbocycles. The maximum absolute atomic E-state index is 13.0. The molecular formula is C17H27N3O3S. The van der Waals surface area contributed by atoms with Crippen LogP contribution in [0, 0.1) is 6.92 Å². The zero-order valence-corrected chi connectivity index (χ0v) is 15.2. The number of nitrogens with two attached hydrogens (primary N) is 1. The van der Waals surface area contributed by atoms with Gasteiger partial charge in [0, 0.05) is 31.2 Å². The summed E-state index contributed by atoms with van der Waals surface area (Å²) in [5.41, 5.74) is 6.79. The smallest absolute Gasteiger partial charge is 0.243 e. The van der Waals surface area contributed by atoms with E-state index < -0.39 is 10.0 Å². The number of hydrogen-bond donors (Lipinski definition) is 2. The van der Waals surface area contributed by atoms with E-state index >= 15 is 0 Å². The molecule has 1 amide bonds. The van der Waals surface area contributed by atoms with E-state index in [0.29, 0.717) is 24.3 Å². The van der Waals surface area contributed by atoms with Crippen LogP contribution in [0.2, 0.25) is 0 Å². The number of nitrogens with one attached hydrogen (secondary N) is 1. The number of carbonyl (C=O) groups is 1. The third-order valence-corrected chi connectivity index (χ3v) is 6.20. The number of benzene rings is 1. The molecule has 7 heteroatoms. The molecule has 3 N–H and O–H groups in total. The van der Waals surface area contributed by atoms with Gasteiger partial charge in [0.05, 0.1) is 4.90 Å². The molecule has 1 unspecified atom stereocenters. The zero-order chi connectivity index (χ0) is 17.7. The van der Waals surface area contributed by atoms with Crippen molar-refractivity contribution in [1.29, 1.82) is 0 Å². The van der Waals surface area contributed by atoms with E-state index in [1.54, 1.807) is 36.4 Å². The molecule has 2 rings (SSSR count). The monoisotopic (exact) mass is 353 g/mol. The normalized spacial score (nSPS) is 18.0. The molecule has 0 aliphatic carbocycles. The van der Waals surface area contributed by atoms with Gasteiger partial charge in [0.25, 0.3) is 0 Å². The van der Waals surface area contributed by atoms with Gasteiger partial charge in [0.15, 0.2) is 0 Å². The van der Waals surface area contributed by atoms with E-state index in [1.165, 1.54) is 0 Å². The fourth-order valence-electron chi connectivity index (χ4n) is 2.88. The second-order valence-electron chi connectivity index (χ2n) is 6.53. The highest BCUT2D eigenvalue weighted by molar-refractivity contribution is 7.89. The average Bonchev–Trinajstić information content (AvgIpc) is 2.78. The third-order valence-electron chi connectivity index (χ3n) is 4.16. The molecule has 0 radical (unpaired) electrons. The van der Waals surface area contributed by atoms with Crippen molar-refractivity contribution < 1.29 is 13.2 Å². The van der Waals surface area contributed by atoms with Crippen LogP contribution in [-0.4, -0.2) is 37.8 Å². The first-order chi connectivity index (χ1) is 11.3. The molecule has 1 aliphatic heterocycles. The van der Waals surface area contributed by atoms with Crippen LogP contribution in [0.15, 0.2) is 23.1 Å². The maximum atomic E-state index is 13.0. The summed E-state index contributed by atoms with van der Waals surface area (Å²) in [5.74, 6) is -0.216. The summed E-state index contributed by atoms with van der Waals surface area (Å²) in [4.78, 5) is 12.1. The predicted octanol–water partition coefficient (Wildman–Crippen LogP) is 2.24. The van der Waals surface area contributed by atoms with Gasteiger partial charge in [-0.2, -0.15) is 4.31 Å². The minimum atomic E-state index is -3.54. The SMILES string of the molecule is Cc1ccc(NC(=O)CC(C)N)cc1S(=O)(=O)N1CCCCCC1.